The van der Waals surface area contributed by atoms with Crippen molar-refractivity contribution in [2.75, 3.05) is 13.2 Å². The molecule has 1 amide bonds. The summed E-state index contributed by atoms with van der Waals surface area (Å²) in [5.74, 6) is -0.298. The molecule has 38 heavy (non-hydrogen) atoms. The van der Waals surface area contributed by atoms with Gasteiger partial charge in [-0.1, -0.05) is 26.8 Å². The summed E-state index contributed by atoms with van der Waals surface area (Å²) in [7, 11) is -4.45. The van der Waals surface area contributed by atoms with E-state index in [1.807, 2.05) is 25.3 Å². The number of amides is 1. The van der Waals surface area contributed by atoms with Crippen LogP contribution in [0.25, 0.3) is 11.3 Å². The summed E-state index contributed by atoms with van der Waals surface area (Å²) in [5, 5.41) is 3.02. The van der Waals surface area contributed by atoms with Crippen molar-refractivity contribution in [2.45, 2.75) is 90.5 Å². The Bertz CT molecular complexity index is 1280. The third-order valence-corrected chi connectivity index (χ3v) is 7.93. The van der Waals surface area contributed by atoms with Gasteiger partial charge >= 0.3 is 6.18 Å². The van der Waals surface area contributed by atoms with Crippen molar-refractivity contribution in [1.29, 1.82) is 0 Å². The van der Waals surface area contributed by atoms with E-state index >= 15 is 0 Å². The maximum absolute atomic E-state index is 14.2. The molecule has 0 bridgehead atoms. The Labute approximate surface area is 223 Å². The number of alkyl halides is 3. The zero-order valence-corrected chi connectivity index (χ0v) is 23.9. The van der Waals surface area contributed by atoms with Gasteiger partial charge in [0.2, 0.25) is 10.0 Å². The summed E-state index contributed by atoms with van der Waals surface area (Å²) in [6.45, 7) is 14.0. The van der Waals surface area contributed by atoms with Crippen LogP contribution < -0.4 is 10.0 Å². The maximum Gasteiger partial charge on any atom is 0.417 e. The number of nitrogens with zero attached hydrogens (tertiary/aromatic N) is 1. The Morgan fingerprint density at radius 3 is 2.18 bits per heavy atom. The second-order valence-corrected chi connectivity index (χ2v) is 13.8. The summed E-state index contributed by atoms with van der Waals surface area (Å²) in [5.41, 5.74) is -0.904. The van der Waals surface area contributed by atoms with Crippen molar-refractivity contribution < 1.29 is 31.1 Å². The van der Waals surface area contributed by atoms with Crippen LogP contribution in [0.1, 0.15) is 76.0 Å². The summed E-state index contributed by atoms with van der Waals surface area (Å²) in [6.07, 6.45) is -3.54. The lowest BCUT2D eigenvalue weighted by molar-refractivity contribution is -0.139. The van der Waals surface area contributed by atoms with Gasteiger partial charge in [-0.25, -0.2) is 13.1 Å². The van der Waals surface area contributed by atoms with E-state index in [1.165, 1.54) is 6.07 Å². The van der Waals surface area contributed by atoms with Crippen LogP contribution in [0.4, 0.5) is 13.2 Å². The number of aromatic nitrogens is 1. The lowest BCUT2D eigenvalue weighted by Gasteiger charge is -2.24. The summed E-state index contributed by atoms with van der Waals surface area (Å²) in [4.78, 5) is 12.4. The number of hydrogen-bond acceptors (Lipinski definition) is 4. The van der Waals surface area contributed by atoms with Crippen LogP contribution in [-0.4, -0.2) is 43.7 Å². The highest BCUT2D eigenvalue weighted by atomic mass is 32.2. The molecule has 7 nitrogen and oxygen atoms in total. The number of hydrogen-bond donors (Lipinski definition) is 2. The molecule has 0 unspecified atom stereocenters. The average molecular weight is 558 g/mol. The molecular weight excluding hydrogens is 519 g/mol. The van der Waals surface area contributed by atoms with E-state index in [4.69, 9.17) is 4.74 Å². The summed E-state index contributed by atoms with van der Waals surface area (Å²) < 4.78 is 77.8. The molecule has 2 heterocycles. The van der Waals surface area contributed by atoms with Crippen LogP contribution in [-0.2, 0) is 27.5 Å². The molecule has 2 N–H and O–H groups in total. The van der Waals surface area contributed by atoms with E-state index in [2.05, 4.69) is 10.0 Å². The van der Waals surface area contributed by atoms with Crippen LogP contribution in [0.2, 0.25) is 0 Å². The Kier molecular flexibility index (Phi) is 8.46. The minimum atomic E-state index is -4.92. The first-order valence-electron chi connectivity index (χ1n) is 12.6. The van der Waals surface area contributed by atoms with E-state index in [0.29, 0.717) is 49.6 Å². The molecule has 0 saturated carbocycles. The molecular formula is C27H38F3N3O4S. The van der Waals surface area contributed by atoms with Gasteiger partial charge in [0.15, 0.2) is 0 Å². The van der Waals surface area contributed by atoms with Crippen LogP contribution in [0.15, 0.2) is 29.2 Å². The molecule has 0 radical (unpaired) electrons. The standard InChI is InChI=1S/C27H38F3N3O4S/c1-17-20(24(34)31-19-10-12-37-13-11-19)15-22(33(17)16-25(2,3)4)18-8-9-23(21(14-18)27(28,29)30)38(35,36)32-26(5,6)7/h8-9,14-15,19,32H,10-13,16H2,1-7H3,(H,31,34). The van der Waals surface area contributed by atoms with E-state index in [-0.39, 0.29) is 22.9 Å². The predicted octanol–water partition coefficient (Wildman–Crippen LogP) is 5.51. The van der Waals surface area contributed by atoms with Gasteiger partial charge < -0.3 is 14.6 Å². The van der Waals surface area contributed by atoms with Crippen molar-refractivity contribution in [2.24, 2.45) is 5.41 Å². The molecule has 11 heteroatoms. The lowest BCUT2D eigenvalue weighted by Crippen LogP contribution is -2.41. The van der Waals surface area contributed by atoms with Crippen LogP contribution in [0.3, 0.4) is 0 Å². The molecule has 0 atom stereocenters. The summed E-state index contributed by atoms with van der Waals surface area (Å²) >= 11 is 0. The molecule has 1 saturated heterocycles. The van der Waals surface area contributed by atoms with Gasteiger partial charge in [0, 0.05) is 42.7 Å². The molecule has 212 valence electrons. The van der Waals surface area contributed by atoms with Gasteiger partial charge in [-0.05, 0) is 69.7 Å². The highest BCUT2D eigenvalue weighted by Gasteiger charge is 2.39. The van der Waals surface area contributed by atoms with Gasteiger partial charge in [-0.15, -0.1) is 0 Å². The van der Waals surface area contributed by atoms with Crippen molar-refractivity contribution in [3.63, 3.8) is 0 Å². The Morgan fingerprint density at radius 1 is 1.05 bits per heavy atom. The minimum Gasteiger partial charge on any atom is -0.381 e. The van der Waals surface area contributed by atoms with Crippen molar-refractivity contribution in [3.8, 4) is 11.3 Å². The molecule has 1 fully saturated rings. The number of carbonyl (C=O) groups is 1. The molecule has 2 aromatic rings. The monoisotopic (exact) mass is 557 g/mol. The van der Waals surface area contributed by atoms with Crippen LogP contribution >= 0.6 is 0 Å². The molecule has 1 aliphatic rings. The first-order chi connectivity index (χ1) is 17.3. The SMILES string of the molecule is Cc1c(C(=O)NC2CCOCC2)cc(-c2ccc(S(=O)(=O)NC(C)(C)C)c(C(F)(F)F)c2)n1CC(C)(C)C. The lowest BCUT2D eigenvalue weighted by atomic mass is 9.96. The smallest absolute Gasteiger partial charge is 0.381 e. The van der Waals surface area contributed by atoms with Crippen LogP contribution in [0.5, 0.6) is 0 Å². The zero-order valence-electron chi connectivity index (χ0n) is 23.0. The fraction of sp³-hybridized carbons (Fsp3) is 0.593. The Balaban J connectivity index is 2.14. The minimum absolute atomic E-state index is 0.0401. The molecule has 1 aromatic carbocycles. The third kappa shape index (κ3) is 7.39. The van der Waals surface area contributed by atoms with E-state index in [0.717, 1.165) is 12.1 Å². The Hall–Kier alpha value is -2.37. The molecule has 1 aliphatic heterocycles. The van der Waals surface area contributed by atoms with Crippen molar-refractivity contribution >= 4 is 15.9 Å². The second kappa shape index (κ2) is 10.7. The zero-order chi connectivity index (χ0) is 28.7. The second-order valence-electron chi connectivity index (χ2n) is 12.1. The van der Waals surface area contributed by atoms with Crippen LogP contribution in [0, 0.1) is 12.3 Å². The number of rotatable bonds is 6. The number of carbonyl (C=O) groups excluding carboxylic acids is 1. The normalized spacial score (nSPS) is 16.1. The van der Waals surface area contributed by atoms with Gasteiger partial charge in [0.1, 0.15) is 0 Å². The van der Waals surface area contributed by atoms with E-state index < -0.39 is 32.2 Å². The van der Waals surface area contributed by atoms with Gasteiger partial charge in [0.05, 0.1) is 16.0 Å². The largest absolute Gasteiger partial charge is 0.417 e. The van der Waals surface area contributed by atoms with Gasteiger partial charge in [-0.3, -0.25) is 4.79 Å². The third-order valence-electron chi connectivity index (χ3n) is 6.11. The highest BCUT2D eigenvalue weighted by Crippen LogP contribution is 2.38. The average Bonchev–Trinajstić information content (AvgIpc) is 3.06. The molecule has 0 aliphatic carbocycles. The highest BCUT2D eigenvalue weighted by molar-refractivity contribution is 7.89. The maximum atomic E-state index is 14.2. The van der Waals surface area contributed by atoms with Gasteiger partial charge in [-0.2, -0.15) is 13.2 Å². The van der Waals surface area contributed by atoms with E-state index in [1.54, 1.807) is 33.8 Å². The fourth-order valence-corrected chi connectivity index (χ4v) is 6.13. The topological polar surface area (TPSA) is 89.4 Å². The number of benzene rings is 1. The number of halogens is 3. The number of sulfonamides is 1. The molecule has 3 rings (SSSR count). The Morgan fingerprint density at radius 2 is 1.66 bits per heavy atom. The predicted molar refractivity (Wildman–Crippen MR) is 140 cm³/mol. The molecule has 1 aromatic heterocycles. The summed E-state index contributed by atoms with van der Waals surface area (Å²) in [6, 6.07) is 4.75. The fourth-order valence-electron chi connectivity index (χ4n) is 4.50. The quantitative estimate of drug-likeness (QED) is 0.490. The first kappa shape index (κ1) is 30.2. The van der Waals surface area contributed by atoms with Gasteiger partial charge in [0.25, 0.3) is 5.91 Å². The van der Waals surface area contributed by atoms with E-state index in [9.17, 15) is 26.4 Å². The molecule has 0 spiro atoms. The van der Waals surface area contributed by atoms with Crippen molar-refractivity contribution in [1.82, 2.24) is 14.6 Å². The van der Waals surface area contributed by atoms with Crippen molar-refractivity contribution in [3.05, 3.63) is 41.1 Å². The first-order valence-corrected chi connectivity index (χ1v) is 14.1. The number of ether oxygens (including phenoxy) is 1. The number of nitrogens with one attached hydrogen (secondary N) is 2.